The van der Waals surface area contributed by atoms with E-state index in [1.54, 1.807) is 0 Å². The van der Waals surface area contributed by atoms with E-state index in [-0.39, 0.29) is 24.8 Å². The van der Waals surface area contributed by atoms with E-state index in [1.807, 2.05) is 0 Å². The molecule has 100 valence electrons. The predicted molar refractivity (Wildman–Crippen MR) is 62.7 cm³/mol. The van der Waals surface area contributed by atoms with E-state index < -0.39 is 18.1 Å². The number of likely N-dealkylation sites (tertiary alicyclic amines) is 1. The third kappa shape index (κ3) is 1.81. The largest absolute Gasteiger partial charge is 0.480 e. The quantitative estimate of drug-likeness (QED) is 0.750. The molecule has 5 heteroatoms. The first-order chi connectivity index (χ1) is 8.59. The van der Waals surface area contributed by atoms with Crippen LogP contribution in [0.5, 0.6) is 0 Å². The highest BCUT2D eigenvalue weighted by Gasteiger charge is 2.57. The zero-order chi connectivity index (χ0) is 12.9. The number of hydrogen-bond donors (Lipinski definition) is 2. The van der Waals surface area contributed by atoms with E-state index in [2.05, 4.69) is 0 Å². The van der Waals surface area contributed by atoms with Gasteiger partial charge < -0.3 is 15.1 Å². The molecule has 0 aromatic rings. The highest BCUT2D eigenvalue weighted by molar-refractivity contribution is 5.88. The average molecular weight is 253 g/mol. The van der Waals surface area contributed by atoms with Crippen molar-refractivity contribution in [3.8, 4) is 0 Å². The van der Waals surface area contributed by atoms with Crippen molar-refractivity contribution in [2.24, 2.45) is 17.8 Å². The number of aliphatic hydroxyl groups is 1. The van der Waals surface area contributed by atoms with Crippen LogP contribution < -0.4 is 0 Å². The van der Waals surface area contributed by atoms with Gasteiger partial charge in [0, 0.05) is 18.9 Å². The van der Waals surface area contributed by atoms with Gasteiger partial charge in [-0.15, -0.1) is 0 Å². The lowest BCUT2D eigenvalue weighted by Gasteiger charge is -2.21. The van der Waals surface area contributed by atoms with Crippen molar-refractivity contribution in [2.75, 3.05) is 6.54 Å². The van der Waals surface area contributed by atoms with Gasteiger partial charge in [0.25, 0.3) is 0 Å². The molecule has 1 saturated heterocycles. The summed E-state index contributed by atoms with van der Waals surface area (Å²) in [5.41, 5.74) is 0. The Hall–Kier alpha value is -1.10. The minimum absolute atomic E-state index is 0.0316. The molecule has 4 atom stereocenters. The third-order valence-corrected chi connectivity index (χ3v) is 4.79. The first-order valence-corrected chi connectivity index (χ1v) is 6.81. The maximum Gasteiger partial charge on any atom is 0.326 e. The number of aliphatic hydroxyl groups excluding tert-OH is 1. The molecule has 5 nitrogen and oxygen atoms in total. The summed E-state index contributed by atoms with van der Waals surface area (Å²) in [6.45, 7) is 0.186. The fraction of sp³-hybridized carbons (Fsp3) is 0.846. The topological polar surface area (TPSA) is 77.8 Å². The molecule has 2 unspecified atom stereocenters. The molecule has 1 aliphatic heterocycles. The molecule has 3 rings (SSSR count). The number of carbonyl (C=O) groups is 2. The summed E-state index contributed by atoms with van der Waals surface area (Å²) in [4.78, 5) is 24.9. The van der Waals surface area contributed by atoms with Crippen molar-refractivity contribution in [1.29, 1.82) is 0 Å². The van der Waals surface area contributed by atoms with E-state index in [4.69, 9.17) is 5.11 Å². The number of β-amino-alcohol motifs (C(OH)–C–C–N with tert-alkyl or cyclic N) is 1. The minimum atomic E-state index is -0.997. The highest BCUT2D eigenvalue weighted by Crippen LogP contribution is 2.56. The Morgan fingerprint density at radius 1 is 1.11 bits per heavy atom. The van der Waals surface area contributed by atoms with Gasteiger partial charge in [0.1, 0.15) is 6.04 Å². The number of nitrogens with zero attached hydrogens (tertiary/aromatic N) is 1. The summed E-state index contributed by atoms with van der Waals surface area (Å²) in [5, 5.41) is 18.7. The second-order valence-corrected chi connectivity index (χ2v) is 5.87. The van der Waals surface area contributed by atoms with Crippen LogP contribution in [0.1, 0.15) is 32.1 Å². The lowest BCUT2D eigenvalue weighted by Crippen LogP contribution is -2.41. The third-order valence-electron chi connectivity index (χ3n) is 4.79. The molecule has 3 aliphatic rings. The highest BCUT2D eigenvalue weighted by atomic mass is 16.4. The van der Waals surface area contributed by atoms with E-state index in [0.29, 0.717) is 11.8 Å². The van der Waals surface area contributed by atoms with Crippen LogP contribution in [0.15, 0.2) is 0 Å². The van der Waals surface area contributed by atoms with Crippen molar-refractivity contribution < 1.29 is 19.8 Å². The van der Waals surface area contributed by atoms with Gasteiger partial charge >= 0.3 is 5.97 Å². The maximum absolute atomic E-state index is 12.4. The van der Waals surface area contributed by atoms with Crippen molar-refractivity contribution in [2.45, 2.75) is 44.2 Å². The zero-order valence-electron chi connectivity index (χ0n) is 10.3. The van der Waals surface area contributed by atoms with Crippen molar-refractivity contribution in [3.05, 3.63) is 0 Å². The second kappa shape index (κ2) is 4.23. The molecule has 0 radical (unpaired) electrons. The van der Waals surface area contributed by atoms with Gasteiger partial charge in [0.2, 0.25) is 5.91 Å². The summed E-state index contributed by atoms with van der Waals surface area (Å²) in [6.07, 6.45) is 4.08. The molecule has 0 aromatic heterocycles. The summed E-state index contributed by atoms with van der Waals surface area (Å²) in [7, 11) is 0. The molecule has 0 bridgehead atoms. The molecule has 0 aromatic carbocycles. The Morgan fingerprint density at radius 2 is 1.72 bits per heavy atom. The van der Waals surface area contributed by atoms with E-state index in [9.17, 15) is 14.7 Å². The minimum Gasteiger partial charge on any atom is -0.480 e. The van der Waals surface area contributed by atoms with Gasteiger partial charge in [-0.3, -0.25) is 4.79 Å². The number of hydrogen-bond acceptors (Lipinski definition) is 3. The molecule has 2 aliphatic carbocycles. The molecule has 2 N–H and O–H groups in total. The fourth-order valence-electron chi connectivity index (χ4n) is 3.84. The van der Waals surface area contributed by atoms with Gasteiger partial charge in [-0.25, -0.2) is 4.79 Å². The molecule has 1 amide bonds. The molecule has 2 saturated carbocycles. The lowest BCUT2D eigenvalue weighted by molar-refractivity contribution is -0.149. The van der Waals surface area contributed by atoms with Crippen LogP contribution >= 0.6 is 0 Å². The van der Waals surface area contributed by atoms with Crippen molar-refractivity contribution in [3.63, 3.8) is 0 Å². The summed E-state index contributed by atoms with van der Waals surface area (Å²) >= 11 is 0. The van der Waals surface area contributed by atoms with Crippen molar-refractivity contribution in [1.82, 2.24) is 4.90 Å². The van der Waals surface area contributed by atoms with Crippen LogP contribution in [-0.4, -0.2) is 45.7 Å². The first kappa shape index (κ1) is 12.0. The van der Waals surface area contributed by atoms with Crippen LogP contribution in [0.2, 0.25) is 0 Å². The molecular weight excluding hydrogens is 234 g/mol. The molecular formula is C13H19NO4. The summed E-state index contributed by atoms with van der Waals surface area (Å²) in [5.74, 6) is -0.0177. The van der Waals surface area contributed by atoms with Gasteiger partial charge in [-0.2, -0.15) is 0 Å². The Bertz CT molecular complexity index is 371. The molecule has 0 spiro atoms. The lowest BCUT2D eigenvalue weighted by atomic mass is 10.0. The standard InChI is InChI=1S/C13H19NO4/c15-7-5-10(13(17)18)14(6-7)12(16)11-8-3-1-2-4-9(8)11/h7-11,15H,1-6H2,(H,17,18)/t7-,8?,9?,10-,11?/m0/s1. The molecule has 1 heterocycles. The Kier molecular flexibility index (Phi) is 2.81. The number of rotatable bonds is 2. The normalized spacial score (nSPS) is 42.5. The first-order valence-electron chi connectivity index (χ1n) is 6.81. The Labute approximate surface area is 106 Å². The number of carbonyl (C=O) groups excluding carboxylic acids is 1. The van der Waals surface area contributed by atoms with Gasteiger partial charge in [0.15, 0.2) is 0 Å². The Balaban J connectivity index is 1.70. The smallest absolute Gasteiger partial charge is 0.326 e. The maximum atomic E-state index is 12.4. The van der Waals surface area contributed by atoms with Gasteiger partial charge in [0.05, 0.1) is 6.10 Å². The number of carboxylic acids is 1. The number of carboxylic acid groups (broad SMARTS) is 1. The monoisotopic (exact) mass is 253 g/mol. The van der Waals surface area contributed by atoms with Crippen LogP contribution in [-0.2, 0) is 9.59 Å². The summed E-state index contributed by atoms with van der Waals surface area (Å²) < 4.78 is 0. The zero-order valence-corrected chi connectivity index (χ0v) is 10.3. The second-order valence-electron chi connectivity index (χ2n) is 5.87. The predicted octanol–water partition coefficient (Wildman–Crippen LogP) is 0.469. The Morgan fingerprint density at radius 3 is 2.28 bits per heavy atom. The van der Waals surface area contributed by atoms with Crippen LogP contribution in [0.25, 0.3) is 0 Å². The summed E-state index contributed by atoms with van der Waals surface area (Å²) in [6, 6.07) is -0.824. The van der Waals surface area contributed by atoms with Crippen LogP contribution in [0, 0.1) is 17.8 Å². The van der Waals surface area contributed by atoms with Crippen molar-refractivity contribution >= 4 is 11.9 Å². The van der Waals surface area contributed by atoms with Crippen LogP contribution in [0.4, 0.5) is 0 Å². The van der Waals surface area contributed by atoms with E-state index >= 15 is 0 Å². The SMILES string of the molecule is O=C(O)[C@@H]1C[C@H](O)CN1C(=O)C1C2CCCCC21. The number of fused-ring (bicyclic) bond motifs is 1. The van der Waals surface area contributed by atoms with Gasteiger partial charge in [-0.1, -0.05) is 12.8 Å². The van der Waals surface area contributed by atoms with Gasteiger partial charge in [-0.05, 0) is 24.7 Å². The fourth-order valence-corrected chi connectivity index (χ4v) is 3.84. The van der Waals surface area contributed by atoms with E-state index in [1.165, 1.54) is 17.7 Å². The average Bonchev–Trinajstić information content (AvgIpc) is 2.94. The van der Waals surface area contributed by atoms with E-state index in [0.717, 1.165) is 12.8 Å². The number of amides is 1. The van der Waals surface area contributed by atoms with Crippen LogP contribution in [0.3, 0.4) is 0 Å². The number of aliphatic carboxylic acids is 1. The molecule has 18 heavy (non-hydrogen) atoms. The molecule has 3 fully saturated rings.